The molecule has 1 heterocycles. The van der Waals surface area contributed by atoms with Crippen LogP contribution in [-0.4, -0.2) is 48.6 Å². The van der Waals surface area contributed by atoms with Gasteiger partial charge in [0, 0.05) is 11.8 Å². The molecule has 106 valence electrons. The third kappa shape index (κ3) is 8.27. The Labute approximate surface area is 120 Å². The summed E-state index contributed by atoms with van der Waals surface area (Å²) in [5, 5.41) is 7.04. The summed E-state index contributed by atoms with van der Waals surface area (Å²) in [4.78, 5) is 11.6. The molecule has 0 unspecified atom stereocenters. The fourth-order valence-electron chi connectivity index (χ4n) is 1.98. The minimum absolute atomic E-state index is 0.211. The SMILES string of the molecule is CSCCCCCNC(=O)CSC1CCNCC1. The van der Waals surface area contributed by atoms with Crippen molar-refractivity contribution >= 4 is 29.4 Å². The second-order valence-corrected chi connectivity index (χ2v) is 6.94. The van der Waals surface area contributed by atoms with Crippen LogP contribution in [0.5, 0.6) is 0 Å². The zero-order valence-electron chi connectivity index (χ0n) is 11.4. The molecule has 1 aliphatic heterocycles. The van der Waals surface area contributed by atoms with Gasteiger partial charge in [-0.25, -0.2) is 0 Å². The van der Waals surface area contributed by atoms with E-state index in [1.807, 2.05) is 23.5 Å². The molecular formula is C13H26N2OS2. The van der Waals surface area contributed by atoms with E-state index < -0.39 is 0 Å². The fraction of sp³-hybridized carbons (Fsp3) is 0.923. The highest BCUT2D eigenvalue weighted by molar-refractivity contribution is 8.00. The molecule has 0 saturated carbocycles. The summed E-state index contributed by atoms with van der Waals surface area (Å²) in [7, 11) is 0. The fourth-order valence-corrected chi connectivity index (χ4v) is 3.53. The Hall–Kier alpha value is 0.130. The highest BCUT2D eigenvalue weighted by Gasteiger charge is 2.14. The van der Waals surface area contributed by atoms with Gasteiger partial charge >= 0.3 is 0 Å². The Kier molecular flexibility index (Phi) is 9.89. The maximum Gasteiger partial charge on any atom is 0.230 e. The van der Waals surface area contributed by atoms with Gasteiger partial charge in [-0.2, -0.15) is 11.8 Å². The Bertz CT molecular complexity index is 221. The molecule has 3 nitrogen and oxygen atoms in total. The van der Waals surface area contributed by atoms with E-state index in [0.29, 0.717) is 11.0 Å². The minimum atomic E-state index is 0.211. The molecule has 1 amide bonds. The van der Waals surface area contributed by atoms with Crippen LogP contribution in [0.15, 0.2) is 0 Å². The second kappa shape index (κ2) is 11.0. The molecule has 1 saturated heterocycles. The van der Waals surface area contributed by atoms with Crippen LogP contribution in [0.25, 0.3) is 0 Å². The van der Waals surface area contributed by atoms with Crippen LogP contribution in [0.1, 0.15) is 32.1 Å². The number of piperidine rings is 1. The standard InChI is InChI=1S/C13H26N2OS2/c1-17-10-4-2-3-7-15-13(16)11-18-12-5-8-14-9-6-12/h12,14H,2-11H2,1H3,(H,15,16). The Morgan fingerprint density at radius 3 is 2.78 bits per heavy atom. The maximum absolute atomic E-state index is 11.6. The van der Waals surface area contributed by atoms with Gasteiger partial charge < -0.3 is 10.6 Å². The number of rotatable bonds is 9. The van der Waals surface area contributed by atoms with Crippen molar-refractivity contribution in [1.29, 1.82) is 0 Å². The highest BCUT2D eigenvalue weighted by Crippen LogP contribution is 2.19. The number of unbranched alkanes of at least 4 members (excludes halogenated alkanes) is 2. The lowest BCUT2D eigenvalue weighted by Gasteiger charge is -2.21. The molecule has 0 aromatic carbocycles. The van der Waals surface area contributed by atoms with Crippen LogP contribution in [0.3, 0.4) is 0 Å². The van der Waals surface area contributed by atoms with Gasteiger partial charge in [-0.05, 0) is 50.8 Å². The first-order valence-corrected chi connectivity index (χ1v) is 9.35. The molecule has 0 aromatic heterocycles. The summed E-state index contributed by atoms with van der Waals surface area (Å²) in [6.07, 6.45) is 8.15. The van der Waals surface area contributed by atoms with E-state index in [0.717, 1.165) is 26.1 Å². The Morgan fingerprint density at radius 2 is 2.06 bits per heavy atom. The van der Waals surface area contributed by atoms with E-state index in [-0.39, 0.29) is 5.91 Å². The second-order valence-electron chi connectivity index (χ2n) is 4.66. The molecule has 1 fully saturated rings. The average molecular weight is 290 g/mol. The maximum atomic E-state index is 11.6. The van der Waals surface area contributed by atoms with Crippen LogP contribution in [0.2, 0.25) is 0 Å². The van der Waals surface area contributed by atoms with Crippen molar-refractivity contribution in [3.63, 3.8) is 0 Å². The molecule has 5 heteroatoms. The van der Waals surface area contributed by atoms with Gasteiger partial charge in [-0.3, -0.25) is 4.79 Å². The summed E-state index contributed by atoms with van der Waals surface area (Å²) >= 11 is 3.72. The zero-order chi connectivity index (χ0) is 13.1. The first kappa shape index (κ1) is 16.2. The van der Waals surface area contributed by atoms with Gasteiger partial charge in [0.25, 0.3) is 0 Å². The van der Waals surface area contributed by atoms with E-state index in [1.54, 1.807) is 0 Å². The summed E-state index contributed by atoms with van der Waals surface area (Å²) in [5.41, 5.74) is 0. The third-order valence-electron chi connectivity index (χ3n) is 3.08. The molecule has 0 bridgehead atoms. The average Bonchev–Trinajstić information content (AvgIpc) is 2.41. The smallest absolute Gasteiger partial charge is 0.230 e. The molecule has 0 atom stereocenters. The number of amides is 1. The van der Waals surface area contributed by atoms with Crippen molar-refractivity contribution < 1.29 is 4.79 Å². The number of carbonyl (C=O) groups excluding carboxylic acids is 1. The molecule has 0 radical (unpaired) electrons. The van der Waals surface area contributed by atoms with Crippen molar-refractivity contribution in [2.75, 3.05) is 37.4 Å². The predicted molar refractivity (Wildman–Crippen MR) is 83.6 cm³/mol. The van der Waals surface area contributed by atoms with Gasteiger partial charge in [-0.1, -0.05) is 6.42 Å². The van der Waals surface area contributed by atoms with Crippen molar-refractivity contribution in [2.24, 2.45) is 0 Å². The first-order valence-electron chi connectivity index (χ1n) is 6.91. The van der Waals surface area contributed by atoms with Gasteiger partial charge in [0.1, 0.15) is 0 Å². The number of nitrogens with one attached hydrogen (secondary N) is 2. The first-order chi connectivity index (χ1) is 8.83. The van der Waals surface area contributed by atoms with Crippen LogP contribution in [0.4, 0.5) is 0 Å². The summed E-state index contributed by atoms with van der Waals surface area (Å²) in [5.74, 6) is 2.08. The largest absolute Gasteiger partial charge is 0.355 e. The number of hydrogen-bond acceptors (Lipinski definition) is 4. The van der Waals surface area contributed by atoms with Crippen LogP contribution >= 0.6 is 23.5 Å². The molecule has 1 aliphatic rings. The van der Waals surface area contributed by atoms with E-state index in [9.17, 15) is 4.79 Å². The van der Waals surface area contributed by atoms with Gasteiger partial charge in [-0.15, -0.1) is 11.8 Å². The van der Waals surface area contributed by atoms with Crippen molar-refractivity contribution in [1.82, 2.24) is 10.6 Å². The highest BCUT2D eigenvalue weighted by atomic mass is 32.2. The Balaban J connectivity index is 1.90. The summed E-state index contributed by atoms with van der Waals surface area (Å²) in [6.45, 7) is 3.06. The van der Waals surface area contributed by atoms with Crippen LogP contribution < -0.4 is 10.6 Å². The molecular weight excluding hydrogens is 264 g/mol. The third-order valence-corrected chi connectivity index (χ3v) is 5.15. The normalized spacial score (nSPS) is 16.7. The predicted octanol–water partition coefficient (Wildman–Crippen LogP) is 2.12. The molecule has 0 aliphatic carbocycles. The van der Waals surface area contributed by atoms with Gasteiger partial charge in [0.2, 0.25) is 5.91 Å². The van der Waals surface area contributed by atoms with Crippen LogP contribution in [0, 0.1) is 0 Å². The summed E-state index contributed by atoms with van der Waals surface area (Å²) < 4.78 is 0. The van der Waals surface area contributed by atoms with Crippen LogP contribution in [-0.2, 0) is 4.79 Å². The lowest BCUT2D eigenvalue weighted by atomic mass is 10.2. The number of thioether (sulfide) groups is 2. The number of hydrogen-bond donors (Lipinski definition) is 2. The lowest BCUT2D eigenvalue weighted by Crippen LogP contribution is -2.31. The summed E-state index contributed by atoms with van der Waals surface area (Å²) in [6, 6.07) is 0. The van der Waals surface area contributed by atoms with Crippen molar-refractivity contribution in [3.8, 4) is 0 Å². The Morgan fingerprint density at radius 1 is 1.28 bits per heavy atom. The van der Waals surface area contributed by atoms with E-state index in [1.165, 1.54) is 31.4 Å². The minimum Gasteiger partial charge on any atom is -0.355 e. The number of carbonyl (C=O) groups is 1. The van der Waals surface area contributed by atoms with Crippen molar-refractivity contribution in [2.45, 2.75) is 37.4 Å². The lowest BCUT2D eigenvalue weighted by molar-refractivity contribution is -0.118. The van der Waals surface area contributed by atoms with Gasteiger partial charge in [0.05, 0.1) is 5.75 Å². The van der Waals surface area contributed by atoms with E-state index in [2.05, 4.69) is 16.9 Å². The van der Waals surface area contributed by atoms with E-state index in [4.69, 9.17) is 0 Å². The molecule has 18 heavy (non-hydrogen) atoms. The molecule has 2 N–H and O–H groups in total. The van der Waals surface area contributed by atoms with Crippen molar-refractivity contribution in [3.05, 3.63) is 0 Å². The monoisotopic (exact) mass is 290 g/mol. The van der Waals surface area contributed by atoms with Gasteiger partial charge in [0.15, 0.2) is 0 Å². The molecule has 0 aromatic rings. The topological polar surface area (TPSA) is 41.1 Å². The molecule has 1 rings (SSSR count). The zero-order valence-corrected chi connectivity index (χ0v) is 13.0. The molecule has 0 spiro atoms. The van der Waals surface area contributed by atoms with E-state index >= 15 is 0 Å². The quantitative estimate of drug-likeness (QED) is 0.638.